The number of likely N-dealkylation sites (N-methyl/N-ethyl adjacent to an activating group) is 1. The molecule has 0 radical (unpaired) electrons. The van der Waals surface area contributed by atoms with E-state index in [4.69, 9.17) is 4.74 Å². The van der Waals surface area contributed by atoms with E-state index in [0.717, 1.165) is 6.42 Å². The molecule has 0 spiro atoms. The van der Waals surface area contributed by atoms with Gasteiger partial charge in [0.15, 0.2) is 0 Å². The molecule has 0 saturated heterocycles. The second kappa shape index (κ2) is 5.53. The highest BCUT2D eigenvalue weighted by Gasteiger charge is 2.50. The van der Waals surface area contributed by atoms with E-state index in [0.29, 0.717) is 24.5 Å². The summed E-state index contributed by atoms with van der Waals surface area (Å²) in [6.45, 7) is 6.39. The lowest BCUT2D eigenvalue weighted by Crippen LogP contribution is -2.62. The van der Waals surface area contributed by atoms with E-state index in [1.54, 1.807) is 11.0 Å². The zero-order valence-corrected chi connectivity index (χ0v) is 12.1. The van der Waals surface area contributed by atoms with Crippen molar-refractivity contribution in [1.82, 2.24) is 5.32 Å². The van der Waals surface area contributed by atoms with Crippen molar-refractivity contribution in [3.8, 4) is 5.75 Å². The summed E-state index contributed by atoms with van der Waals surface area (Å²) in [5.41, 5.74) is -0.791. The maximum Gasteiger partial charge on any atom is 0.280 e. The number of amides is 2. The van der Waals surface area contributed by atoms with Gasteiger partial charge in [0.2, 0.25) is 0 Å². The van der Waals surface area contributed by atoms with Gasteiger partial charge in [0, 0.05) is 13.1 Å². The van der Waals surface area contributed by atoms with Crippen LogP contribution in [-0.4, -0.2) is 30.5 Å². The third kappa shape index (κ3) is 2.24. The smallest absolute Gasteiger partial charge is 0.280 e. The number of rotatable bonds is 4. The number of carbonyl (C=O) groups excluding carboxylic acids is 2. The van der Waals surface area contributed by atoms with Crippen LogP contribution in [0.15, 0.2) is 24.3 Å². The Hall–Kier alpha value is -2.04. The maximum absolute atomic E-state index is 12.6. The zero-order chi connectivity index (χ0) is 14.8. The summed E-state index contributed by atoms with van der Waals surface area (Å²) in [7, 11) is 0. The number of para-hydroxylation sites is 2. The lowest BCUT2D eigenvalue weighted by Gasteiger charge is -2.39. The first kappa shape index (κ1) is 14.4. The fraction of sp³-hybridized carbons (Fsp3) is 0.467. The summed E-state index contributed by atoms with van der Waals surface area (Å²) in [6, 6.07) is 7.26. The molecule has 2 rings (SSSR count). The minimum absolute atomic E-state index is 0.327. The Bertz CT molecular complexity index is 530. The highest BCUT2D eigenvalue weighted by Crippen LogP contribution is 2.37. The molecule has 0 fully saturated rings. The van der Waals surface area contributed by atoms with Crippen molar-refractivity contribution >= 4 is 17.5 Å². The first-order valence-electron chi connectivity index (χ1n) is 6.93. The molecule has 1 N–H and O–H groups in total. The van der Waals surface area contributed by atoms with Crippen molar-refractivity contribution in [3.63, 3.8) is 0 Å². The third-order valence-corrected chi connectivity index (χ3v) is 3.41. The monoisotopic (exact) mass is 276 g/mol. The van der Waals surface area contributed by atoms with E-state index in [1.165, 1.54) is 6.92 Å². The van der Waals surface area contributed by atoms with Gasteiger partial charge in [-0.2, -0.15) is 0 Å². The van der Waals surface area contributed by atoms with Gasteiger partial charge in [0.05, 0.1) is 5.69 Å². The predicted molar refractivity (Wildman–Crippen MR) is 76.8 cm³/mol. The second-order valence-electron chi connectivity index (χ2n) is 4.91. The summed E-state index contributed by atoms with van der Waals surface area (Å²) >= 11 is 0. The van der Waals surface area contributed by atoms with E-state index in [-0.39, 0.29) is 5.91 Å². The first-order valence-corrected chi connectivity index (χ1v) is 6.93. The molecule has 1 aliphatic heterocycles. The van der Waals surface area contributed by atoms with Crippen LogP contribution in [0.4, 0.5) is 5.69 Å². The number of ether oxygens (including phenoxy) is 1. The summed E-state index contributed by atoms with van der Waals surface area (Å²) in [5.74, 6) is -0.160. The normalized spacial score (nSPS) is 21.1. The average Bonchev–Trinajstić information content (AvgIpc) is 2.46. The summed E-state index contributed by atoms with van der Waals surface area (Å²) in [5, 5.41) is 2.74. The molecule has 5 nitrogen and oxygen atoms in total. The Morgan fingerprint density at radius 1 is 1.35 bits per heavy atom. The molecule has 2 amide bonds. The van der Waals surface area contributed by atoms with Crippen molar-refractivity contribution in [2.24, 2.45) is 0 Å². The number of anilines is 1. The van der Waals surface area contributed by atoms with Crippen LogP contribution < -0.4 is 15.0 Å². The molecule has 1 aliphatic rings. The van der Waals surface area contributed by atoms with Gasteiger partial charge in [-0.3, -0.25) is 9.59 Å². The Balaban J connectivity index is 2.38. The first-order chi connectivity index (χ1) is 9.54. The number of nitrogens with zero attached hydrogens (tertiary/aromatic N) is 1. The van der Waals surface area contributed by atoms with Crippen LogP contribution in [0.1, 0.15) is 27.2 Å². The predicted octanol–water partition coefficient (Wildman–Crippen LogP) is 1.72. The van der Waals surface area contributed by atoms with Gasteiger partial charge in [0.25, 0.3) is 17.4 Å². The number of benzene rings is 1. The number of hydrogen-bond donors (Lipinski definition) is 1. The van der Waals surface area contributed by atoms with Crippen molar-refractivity contribution in [2.45, 2.75) is 32.8 Å². The summed E-state index contributed by atoms with van der Waals surface area (Å²) in [4.78, 5) is 26.5. The number of fused-ring (bicyclic) bond motifs is 1. The number of hydrogen-bond acceptors (Lipinski definition) is 3. The van der Waals surface area contributed by atoms with Crippen LogP contribution in [0.25, 0.3) is 0 Å². The molecule has 20 heavy (non-hydrogen) atoms. The quantitative estimate of drug-likeness (QED) is 0.852. The molecule has 1 unspecified atom stereocenters. The number of nitrogens with one attached hydrogen (secondary N) is 1. The van der Waals surface area contributed by atoms with E-state index in [2.05, 4.69) is 5.32 Å². The van der Waals surface area contributed by atoms with Crippen LogP contribution in [0.3, 0.4) is 0 Å². The van der Waals surface area contributed by atoms with Crippen molar-refractivity contribution in [3.05, 3.63) is 24.3 Å². The van der Waals surface area contributed by atoms with Crippen LogP contribution in [0, 0.1) is 0 Å². The van der Waals surface area contributed by atoms with E-state index in [1.807, 2.05) is 32.0 Å². The molecule has 5 heteroatoms. The van der Waals surface area contributed by atoms with Crippen LogP contribution in [0.5, 0.6) is 5.75 Å². The van der Waals surface area contributed by atoms with Crippen LogP contribution >= 0.6 is 0 Å². The minimum atomic E-state index is -1.50. The van der Waals surface area contributed by atoms with Gasteiger partial charge >= 0.3 is 0 Å². The van der Waals surface area contributed by atoms with E-state index < -0.39 is 11.5 Å². The van der Waals surface area contributed by atoms with Crippen molar-refractivity contribution < 1.29 is 14.3 Å². The number of carbonyl (C=O) groups is 2. The highest BCUT2D eigenvalue weighted by atomic mass is 16.5. The summed E-state index contributed by atoms with van der Waals surface area (Å²) in [6.07, 6.45) is 0.810. The molecule has 1 atom stereocenters. The molecule has 1 aromatic carbocycles. The van der Waals surface area contributed by atoms with Gasteiger partial charge in [-0.25, -0.2) is 0 Å². The van der Waals surface area contributed by atoms with Gasteiger partial charge in [0.1, 0.15) is 5.75 Å². The molecule has 108 valence electrons. The second-order valence-corrected chi connectivity index (χ2v) is 4.91. The van der Waals surface area contributed by atoms with E-state index in [9.17, 15) is 9.59 Å². The van der Waals surface area contributed by atoms with Crippen molar-refractivity contribution in [2.75, 3.05) is 18.0 Å². The van der Waals surface area contributed by atoms with E-state index >= 15 is 0 Å². The van der Waals surface area contributed by atoms with Crippen molar-refractivity contribution in [1.29, 1.82) is 0 Å². The highest BCUT2D eigenvalue weighted by molar-refractivity contribution is 6.16. The fourth-order valence-corrected chi connectivity index (χ4v) is 2.26. The molecular weight excluding hydrogens is 256 g/mol. The Labute approximate surface area is 118 Å². The van der Waals surface area contributed by atoms with Crippen LogP contribution in [0.2, 0.25) is 0 Å². The van der Waals surface area contributed by atoms with Crippen LogP contribution in [-0.2, 0) is 9.59 Å². The van der Waals surface area contributed by atoms with Gasteiger partial charge in [-0.1, -0.05) is 19.1 Å². The maximum atomic E-state index is 12.6. The Kier molecular flexibility index (Phi) is 3.97. The molecule has 0 aromatic heterocycles. The summed E-state index contributed by atoms with van der Waals surface area (Å²) < 4.78 is 5.72. The zero-order valence-electron chi connectivity index (χ0n) is 12.1. The molecule has 0 aliphatic carbocycles. The average molecular weight is 276 g/mol. The Morgan fingerprint density at radius 2 is 2.05 bits per heavy atom. The minimum Gasteiger partial charge on any atom is -0.466 e. The Morgan fingerprint density at radius 3 is 2.70 bits per heavy atom. The topological polar surface area (TPSA) is 58.6 Å². The molecular formula is C15H20N2O3. The van der Waals surface area contributed by atoms with Gasteiger partial charge in [-0.05, 0) is 32.4 Å². The largest absolute Gasteiger partial charge is 0.466 e. The molecule has 1 heterocycles. The fourth-order valence-electron chi connectivity index (χ4n) is 2.26. The molecule has 0 bridgehead atoms. The van der Waals surface area contributed by atoms with Gasteiger partial charge in [-0.15, -0.1) is 0 Å². The molecule has 1 aromatic rings. The SMILES string of the molecule is CCCNC(=O)C1(C)Oc2ccccc2N(CC)C1=O. The lowest BCUT2D eigenvalue weighted by atomic mass is 10.00. The molecule has 0 saturated carbocycles. The standard InChI is InChI=1S/C15H20N2O3/c1-4-10-16-13(18)15(3)14(19)17(5-2)11-8-6-7-9-12(11)20-15/h6-9H,4-5,10H2,1-3H3,(H,16,18). The van der Waals surface area contributed by atoms with Gasteiger partial charge < -0.3 is 15.0 Å². The lowest BCUT2D eigenvalue weighted by molar-refractivity contribution is -0.148. The third-order valence-electron chi connectivity index (χ3n) is 3.41.